The molecule has 0 heterocycles. The molecule has 2 rings (SSSR count). The quantitative estimate of drug-likeness (QED) is 0.572. The summed E-state index contributed by atoms with van der Waals surface area (Å²) in [5.74, 6) is 0.375. The molecule has 0 fully saturated rings. The molecule has 0 radical (unpaired) electrons. The lowest BCUT2D eigenvalue weighted by molar-refractivity contribution is 0.112. The van der Waals surface area contributed by atoms with Crippen molar-refractivity contribution >= 4 is 6.29 Å². The Labute approximate surface area is 118 Å². The van der Waals surface area contributed by atoms with Gasteiger partial charge in [-0.05, 0) is 47.9 Å². The normalized spacial score (nSPS) is 10.3. The van der Waals surface area contributed by atoms with Gasteiger partial charge in [0.25, 0.3) is 0 Å². The smallest absolute Gasteiger partial charge is 0.150 e. The van der Waals surface area contributed by atoms with Crippen LogP contribution >= 0.6 is 0 Å². The molecule has 0 atom stereocenters. The molecule has 3 heteroatoms. The van der Waals surface area contributed by atoms with Crippen molar-refractivity contribution in [2.24, 2.45) is 0 Å². The van der Waals surface area contributed by atoms with E-state index in [2.05, 4.69) is 6.92 Å². The third kappa shape index (κ3) is 3.44. The zero-order chi connectivity index (χ0) is 14.4. The standard InChI is InChI=1S/C17H17FO2/c1-2-3-9-20-16-8-7-14(12-19)17(11-16)13-5-4-6-15(18)10-13/h4-8,10-12H,2-3,9H2,1H3. The van der Waals surface area contributed by atoms with E-state index >= 15 is 0 Å². The molecular weight excluding hydrogens is 255 g/mol. The van der Waals surface area contributed by atoms with Crippen LogP contribution in [0, 0.1) is 5.82 Å². The monoisotopic (exact) mass is 272 g/mol. The van der Waals surface area contributed by atoms with E-state index in [-0.39, 0.29) is 5.82 Å². The summed E-state index contributed by atoms with van der Waals surface area (Å²) in [6.45, 7) is 2.73. The van der Waals surface area contributed by atoms with E-state index in [1.807, 2.05) is 0 Å². The van der Waals surface area contributed by atoms with E-state index in [4.69, 9.17) is 4.74 Å². The first-order valence-corrected chi connectivity index (χ1v) is 6.72. The number of aldehydes is 1. The van der Waals surface area contributed by atoms with Crippen molar-refractivity contribution < 1.29 is 13.9 Å². The Morgan fingerprint density at radius 3 is 2.75 bits per heavy atom. The van der Waals surface area contributed by atoms with Gasteiger partial charge in [0.2, 0.25) is 0 Å². The molecule has 0 unspecified atom stereocenters. The zero-order valence-corrected chi connectivity index (χ0v) is 11.4. The average molecular weight is 272 g/mol. The molecule has 0 aliphatic rings. The number of ether oxygens (including phenoxy) is 1. The maximum Gasteiger partial charge on any atom is 0.150 e. The van der Waals surface area contributed by atoms with Gasteiger partial charge in [-0.25, -0.2) is 4.39 Å². The van der Waals surface area contributed by atoms with Crippen LogP contribution in [0.5, 0.6) is 5.75 Å². The van der Waals surface area contributed by atoms with Crippen LogP contribution in [0.2, 0.25) is 0 Å². The summed E-state index contributed by atoms with van der Waals surface area (Å²) in [6, 6.07) is 11.5. The Morgan fingerprint density at radius 2 is 2.05 bits per heavy atom. The van der Waals surface area contributed by atoms with Crippen LogP contribution in [0.1, 0.15) is 30.1 Å². The van der Waals surface area contributed by atoms with Gasteiger partial charge in [0.1, 0.15) is 11.6 Å². The molecule has 0 spiro atoms. The van der Waals surface area contributed by atoms with Crippen molar-refractivity contribution in [2.45, 2.75) is 19.8 Å². The number of hydrogen-bond donors (Lipinski definition) is 0. The topological polar surface area (TPSA) is 26.3 Å². The Hall–Kier alpha value is -2.16. The lowest BCUT2D eigenvalue weighted by atomic mass is 10.00. The molecule has 104 valence electrons. The molecule has 0 saturated carbocycles. The summed E-state index contributed by atoms with van der Waals surface area (Å²) in [6.07, 6.45) is 2.81. The SMILES string of the molecule is CCCCOc1ccc(C=O)c(-c2cccc(F)c2)c1. The van der Waals surface area contributed by atoms with E-state index in [0.717, 1.165) is 19.1 Å². The summed E-state index contributed by atoms with van der Waals surface area (Å²) in [5, 5.41) is 0. The number of carbonyl (C=O) groups is 1. The summed E-state index contributed by atoms with van der Waals surface area (Å²) in [4.78, 5) is 11.1. The first-order valence-electron chi connectivity index (χ1n) is 6.72. The van der Waals surface area contributed by atoms with Crippen molar-refractivity contribution in [1.29, 1.82) is 0 Å². The largest absolute Gasteiger partial charge is 0.494 e. The van der Waals surface area contributed by atoms with Gasteiger partial charge in [-0.1, -0.05) is 25.5 Å². The fourth-order valence-electron chi connectivity index (χ4n) is 1.97. The van der Waals surface area contributed by atoms with Crippen molar-refractivity contribution in [2.75, 3.05) is 6.61 Å². The summed E-state index contributed by atoms with van der Waals surface area (Å²) < 4.78 is 18.9. The summed E-state index contributed by atoms with van der Waals surface area (Å²) in [5.41, 5.74) is 1.89. The molecule has 0 saturated heterocycles. The van der Waals surface area contributed by atoms with Crippen molar-refractivity contribution in [1.82, 2.24) is 0 Å². The number of halogens is 1. The van der Waals surface area contributed by atoms with E-state index in [9.17, 15) is 9.18 Å². The van der Waals surface area contributed by atoms with Gasteiger partial charge in [0.05, 0.1) is 6.61 Å². The highest BCUT2D eigenvalue weighted by molar-refractivity contribution is 5.88. The fourth-order valence-corrected chi connectivity index (χ4v) is 1.97. The van der Waals surface area contributed by atoms with Crippen LogP contribution in [0.3, 0.4) is 0 Å². The minimum Gasteiger partial charge on any atom is -0.494 e. The molecule has 2 aromatic rings. The lowest BCUT2D eigenvalue weighted by Crippen LogP contribution is -1.97. The van der Waals surface area contributed by atoms with Gasteiger partial charge < -0.3 is 4.74 Å². The zero-order valence-electron chi connectivity index (χ0n) is 11.4. The molecule has 0 aromatic heterocycles. The Morgan fingerprint density at radius 1 is 1.20 bits per heavy atom. The van der Waals surface area contributed by atoms with Crippen LogP contribution in [0.25, 0.3) is 11.1 Å². The number of carbonyl (C=O) groups excluding carboxylic acids is 1. The fraction of sp³-hybridized carbons (Fsp3) is 0.235. The van der Waals surface area contributed by atoms with Gasteiger partial charge in [0, 0.05) is 5.56 Å². The van der Waals surface area contributed by atoms with E-state index in [1.54, 1.807) is 30.3 Å². The summed E-state index contributed by atoms with van der Waals surface area (Å²) >= 11 is 0. The third-order valence-corrected chi connectivity index (χ3v) is 3.05. The Balaban J connectivity index is 2.34. The highest BCUT2D eigenvalue weighted by Gasteiger charge is 2.07. The average Bonchev–Trinajstić information content (AvgIpc) is 2.47. The van der Waals surface area contributed by atoms with E-state index in [1.165, 1.54) is 12.1 Å². The van der Waals surface area contributed by atoms with Gasteiger partial charge in [0.15, 0.2) is 6.29 Å². The second kappa shape index (κ2) is 6.85. The van der Waals surface area contributed by atoms with Gasteiger partial charge in [-0.3, -0.25) is 4.79 Å². The first-order chi connectivity index (χ1) is 9.74. The van der Waals surface area contributed by atoms with Crippen molar-refractivity contribution in [3.05, 3.63) is 53.8 Å². The third-order valence-electron chi connectivity index (χ3n) is 3.05. The summed E-state index contributed by atoms with van der Waals surface area (Å²) in [7, 11) is 0. The van der Waals surface area contributed by atoms with Crippen LogP contribution in [0.4, 0.5) is 4.39 Å². The molecule has 0 N–H and O–H groups in total. The van der Waals surface area contributed by atoms with Crippen molar-refractivity contribution in [3.63, 3.8) is 0 Å². The number of unbranched alkanes of at least 4 members (excludes halogenated alkanes) is 1. The highest BCUT2D eigenvalue weighted by atomic mass is 19.1. The second-order valence-corrected chi connectivity index (χ2v) is 4.58. The molecule has 0 amide bonds. The predicted octanol–water partition coefficient (Wildman–Crippen LogP) is 4.48. The second-order valence-electron chi connectivity index (χ2n) is 4.58. The Bertz CT molecular complexity index is 593. The first kappa shape index (κ1) is 14.3. The van der Waals surface area contributed by atoms with Gasteiger partial charge >= 0.3 is 0 Å². The van der Waals surface area contributed by atoms with Crippen LogP contribution in [-0.2, 0) is 0 Å². The molecular formula is C17H17FO2. The molecule has 2 nitrogen and oxygen atoms in total. The molecule has 0 aliphatic carbocycles. The van der Waals surface area contributed by atoms with Gasteiger partial charge in [-0.2, -0.15) is 0 Å². The minimum absolute atomic E-state index is 0.323. The predicted molar refractivity (Wildman–Crippen MR) is 77.6 cm³/mol. The minimum atomic E-state index is -0.323. The molecule has 0 bridgehead atoms. The van der Waals surface area contributed by atoms with Crippen molar-refractivity contribution in [3.8, 4) is 16.9 Å². The highest BCUT2D eigenvalue weighted by Crippen LogP contribution is 2.27. The molecule has 0 aliphatic heterocycles. The van der Waals surface area contributed by atoms with E-state index < -0.39 is 0 Å². The maximum absolute atomic E-state index is 13.3. The number of hydrogen-bond acceptors (Lipinski definition) is 2. The number of benzene rings is 2. The number of rotatable bonds is 6. The maximum atomic E-state index is 13.3. The molecule has 20 heavy (non-hydrogen) atoms. The van der Waals surface area contributed by atoms with Crippen LogP contribution < -0.4 is 4.74 Å². The Kier molecular flexibility index (Phi) is 4.88. The van der Waals surface area contributed by atoms with E-state index in [0.29, 0.717) is 29.0 Å². The van der Waals surface area contributed by atoms with Crippen LogP contribution in [0.15, 0.2) is 42.5 Å². The van der Waals surface area contributed by atoms with Crippen LogP contribution in [-0.4, -0.2) is 12.9 Å². The lowest BCUT2D eigenvalue weighted by Gasteiger charge is -2.10. The molecule has 2 aromatic carbocycles. The van der Waals surface area contributed by atoms with Gasteiger partial charge in [-0.15, -0.1) is 0 Å².